The van der Waals surface area contributed by atoms with Crippen molar-refractivity contribution in [3.8, 4) is 0 Å². The van der Waals surface area contributed by atoms with Gasteiger partial charge in [0.25, 0.3) is 5.91 Å². The lowest BCUT2D eigenvalue weighted by molar-refractivity contribution is 0.0696. The smallest absolute Gasteiger partial charge is 0.335 e. The average molecular weight is 414 g/mol. The zero-order valence-electron chi connectivity index (χ0n) is 10.6. The second-order valence-corrected chi connectivity index (χ2v) is 5.95. The molecule has 1 amide bonds. The van der Waals surface area contributed by atoms with Gasteiger partial charge in [-0.2, -0.15) is 0 Å². The number of hydrogen-bond donors (Lipinski definition) is 3. The molecule has 2 rings (SSSR count). The van der Waals surface area contributed by atoms with Gasteiger partial charge in [0.2, 0.25) is 0 Å². The van der Waals surface area contributed by atoms with E-state index in [2.05, 4.69) is 37.2 Å². The summed E-state index contributed by atoms with van der Waals surface area (Å²) in [5.74, 6) is -1.57. The van der Waals surface area contributed by atoms with E-state index in [-0.39, 0.29) is 5.56 Å². The molecule has 21 heavy (non-hydrogen) atoms. The standard InChI is InChI=1S/C14H10Br2N2O3/c15-8-2-4-11(9(6-8)13(17)19)18-12-3-1-7(14(20)21)5-10(12)16/h1-6,18H,(H2,17,19)(H,20,21). The normalized spacial score (nSPS) is 10.2. The number of carboxylic acid groups (broad SMARTS) is 1. The van der Waals surface area contributed by atoms with Crippen LogP contribution in [0.4, 0.5) is 11.4 Å². The molecule has 2 aromatic carbocycles. The largest absolute Gasteiger partial charge is 0.478 e. The monoisotopic (exact) mass is 412 g/mol. The summed E-state index contributed by atoms with van der Waals surface area (Å²) in [6, 6.07) is 9.66. The maximum Gasteiger partial charge on any atom is 0.335 e. The number of hydrogen-bond acceptors (Lipinski definition) is 3. The predicted molar refractivity (Wildman–Crippen MR) is 87.0 cm³/mol. The van der Waals surface area contributed by atoms with Crippen molar-refractivity contribution in [3.63, 3.8) is 0 Å². The van der Waals surface area contributed by atoms with Crippen LogP contribution in [0.5, 0.6) is 0 Å². The summed E-state index contributed by atoms with van der Waals surface area (Å²) in [7, 11) is 0. The Labute approximate surface area is 137 Å². The molecule has 0 aliphatic carbocycles. The Kier molecular flexibility index (Phi) is 4.64. The summed E-state index contributed by atoms with van der Waals surface area (Å²) in [4.78, 5) is 22.4. The van der Waals surface area contributed by atoms with Crippen LogP contribution in [-0.2, 0) is 0 Å². The van der Waals surface area contributed by atoms with Crippen LogP contribution < -0.4 is 11.1 Å². The third-order valence-electron chi connectivity index (χ3n) is 2.73. The zero-order chi connectivity index (χ0) is 15.6. The third kappa shape index (κ3) is 3.62. The number of rotatable bonds is 4. The molecule has 0 aromatic heterocycles. The molecular formula is C14H10Br2N2O3. The highest BCUT2D eigenvalue weighted by Gasteiger charge is 2.11. The van der Waals surface area contributed by atoms with Gasteiger partial charge in [0.1, 0.15) is 0 Å². The maximum atomic E-state index is 11.5. The van der Waals surface area contributed by atoms with Crippen molar-refractivity contribution < 1.29 is 14.7 Å². The topological polar surface area (TPSA) is 92.4 Å². The summed E-state index contributed by atoms with van der Waals surface area (Å²) < 4.78 is 1.31. The molecular weight excluding hydrogens is 404 g/mol. The lowest BCUT2D eigenvalue weighted by Crippen LogP contribution is -2.13. The Balaban J connectivity index is 2.39. The molecule has 0 fully saturated rings. The fourth-order valence-electron chi connectivity index (χ4n) is 1.72. The van der Waals surface area contributed by atoms with Gasteiger partial charge in [-0.15, -0.1) is 0 Å². The Bertz CT molecular complexity index is 732. The number of benzene rings is 2. The summed E-state index contributed by atoms with van der Waals surface area (Å²) >= 11 is 6.58. The molecule has 4 N–H and O–H groups in total. The van der Waals surface area contributed by atoms with Gasteiger partial charge in [0, 0.05) is 8.95 Å². The number of carbonyl (C=O) groups excluding carboxylic acids is 1. The van der Waals surface area contributed by atoms with Crippen LogP contribution in [0.15, 0.2) is 45.3 Å². The second kappa shape index (κ2) is 6.28. The summed E-state index contributed by atoms with van der Waals surface area (Å²) in [5, 5.41) is 12.0. The molecule has 5 nitrogen and oxygen atoms in total. The van der Waals surface area contributed by atoms with E-state index in [0.717, 1.165) is 4.47 Å². The van der Waals surface area contributed by atoms with Crippen molar-refractivity contribution in [1.29, 1.82) is 0 Å². The van der Waals surface area contributed by atoms with Gasteiger partial charge in [-0.05, 0) is 52.3 Å². The molecule has 0 unspecified atom stereocenters. The molecule has 0 saturated heterocycles. The highest BCUT2D eigenvalue weighted by molar-refractivity contribution is 9.10. The van der Waals surface area contributed by atoms with E-state index in [0.29, 0.717) is 21.4 Å². The summed E-state index contributed by atoms with van der Waals surface area (Å²) in [6.45, 7) is 0. The zero-order valence-corrected chi connectivity index (χ0v) is 13.7. The Hall–Kier alpha value is -1.86. The lowest BCUT2D eigenvalue weighted by atomic mass is 10.1. The Morgan fingerprint density at radius 1 is 1.05 bits per heavy atom. The second-order valence-electron chi connectivity index (χ2n) is 4.18. The van der Waals surface area contributed by atoms with Crippen molar-refractivity contribution in [2.24, 2.45) is 5.73 Å². The fourth-order valence-corrected chi connectivity index (χ4v) is 2.56. The molecule has 0 bridgehead atoms. The predicted octanol–water partition coefficient (Wildman–Crippen LogP) is 3.75. The van der Waals surface area contributed by atoms with E-state index in [9.17, 15) is 9.59 Å². The van der Waals surface area contributed by atoms with E-state index in [1.54, 1.807) is 24.3 Å². The van der Waals surface area contributed by atoms with E-state index < -0.39 is 11.9 Å². The van der Waals surface area contributed by atoms with Gasteiger partial charge in [-0.3, -0.25) is 4.79 Å². The SMILES string of the molecule is NC(=O)c1cc(Br)ccc1Nc1ccc(C(=O)O)cc1Br. The van der Waals surface area contributed by atoms with Crippen molar-refractivity contribution in [2.75, 3.05) is 5.32 Å². The molecule has 0 saturated carbocycles. The molecule has 0 spiro atoms. The van der Waals surface area contributed by atoms with Crippen molar-refractivity contribution >= 4 is 55.1 Å². The van der Waals surface area contributed by atoms with E-state index in [1.165, 1.54) is 12.1 Å². The molecule has 108 valence electrons. The van der Waals surface area contributed by atoms with Crippen LogP contribution in [0.3, 0.4) is 0 Å². The number of carboxylic acids is 1. The third-order valence-corrected chi connectivity index (χ3v) is 3.88. The van der Waals surface area contributed by atoms with Crippen molar-refractivity contribution in [2.45, 2.75) is 0 Å². The van der Waals surface area contributed by atoms with E-state index in [1.807, 2.05) is 0 Å². The number of halogens is 2. The number of anilines is 2. The van der Waals surface area contributed by atoms with Crippen LogP contribution in [0, 0.1) is 0 Å². The van der Waals surface area contributed by atoms with Crippen LogP contribution in [-0.4, -0.2) is 17.0 Å². The van der Waals surface area contributed by atoms with Crippen LogP contribution in [0.2, 0.25) is 0 Å². The highest BCUT2D eigenvalue weighted by atomic mass is 79.9. The minimum Gasteiger partial charge on any atom is -0.478 e. The van der Waals surface area contributed by atoms with Gasteiger partial charge in [0.05, 0.1) is 22.5 Å². The number of primary amides is 1. The molecule has 0 atom stereocenters. The van der Waals surface area contributed by atoms with Gasteiger partial charge in [0.15, 0.2) is 0 Å². The van der Waals surface area contributed by atoms with Gasteiger partial charge in [-0.25, -0.2) is 4.79 Å². The van der Waals surface area contributed by atoms with Crippen LogP contribution in [0.25, 0.3) is 0 Å². The van der Waals surface area contributed by atoms with E-state index in [4.69, 9.17) is 10.8 Å². The summed E-state index contributed by atoms with van der Waals surface area (Å²) in [5.41, 5.74) is 7.01. The minimum atomic E-state index is -1.01. The number of aromatic carboxylic acids is 1. The Morgan fingerprint density at radius 2 is 1.71 bits per heavy atom. The number of carbonyl (C=O) groups is 2. The maximum absolute atomic E-state index is 11.5. The first kappa shape index (κ1) is 15.5. The molecule has 0 radical (unpaired) electrons. The van der Waals surface area contributed by atoms with Crippen LogP contribution >= 0.6 is 31.9 Å². The minimum absolute atomic E-state index is 0.165. The Morgan fingerprint density at radius 3 is 2.29 bits per heavy atom. The first-order chi connectivity index (χ1) is 9.88. The molecule has 0 aliphatic heterocycles. The lowest BCUT2D eigenvalue weighted by Gasteiger charge is -2.12. The molecule has 2 aromatic rings. The number of nitrogens with two attached hydrogens (primary N) is 1. The summed E-state index contributed by atoms with van der Waals surface area (Å²) in [6.07, 6.45) is 0. The van der Waals surface area contributed by atoms with Crippen molar-refractivity contribution in [3.05, 3.63) is 56.5 Å². The van der Waals surface area contributed by atoms with Gasteiger partial charge < -0.3 is 16.2 Å². The molecule has 0 heterocycles. The van der Waals surface area contributed by atoms with Gasteiger partial charge >= 0.3 is 5.97 Å². The van der Waals surface area contributed by atoms with Crippen molar-refractivity contribution in [1.82, 2.24) is 0 Å². The number of nitrogens with one attached hydrogen (secondary N) is 1. The first-order valence-corrected chi connectivity index (χ1v) is 7.36. The highest BCUT2D eigenvalue weighted by Crippen LogP contribution is 2.29. The quantitative estimate of drug-likeness (QED) is 0.711. The first-order valence-electron chi connectivity index (χ1n) is 5.77. The fraction of sp³-hybridized carbons (Fsp3) is 0. The molecule has 7 heteroatoms. The molecule has 0 aliphatic rings. The van der Waals surface area contributed by atoms with Gasteiger partial charge in [-0.1, -0.05) is 15.9 Å². The van der Waals surface area contributed by atoms with E-state index >= 15 is 0 Å². The average Bonchev–Trinajstić information content (AvgIpc) is 2.42. The number of amides is 1. The van der Waals surface area contributed by atoms with Crippen LogP contribution in [0.1, 0.15) is 20.7 Å².